The molecule has 1 saturated carbocycles. The average Bonchev–Trinajstić information content (AvgIpc) is 2.44. The highest BCUT2D eigenvalue weighted by atomic mass is 35.5. The van der Waals surface area contributed by atoms with Gasteiger partial charge in [-0.15, -0.1) is 0 Å². The molecule has 2 rings (SSSR count). The number of aliphatic hydroxyl groups is 1. The molecule has 0 saturated heterocycles. The molecule has 21 heavy (non-hydrogen) atoms. The van der Waals surface area contributed by atoms with E-state index in [0.717, 1.165) is 31.2 Å². The fraction of sp³-hybridized carbons (Fsp3) is 0.625. The van der Waals surface area contributed by atoms with Crippen LogP contribution in [0.1, 0.15) is 38.2 Å². The number of hydrogen-bond acceptors (Lipinski definition) is 4. The summed E-state index contributed by atoms with van der Waals surface area (Å²) in [4.78, 5) is 0. The predicted octanol–water partition coefficient (Wildman–Crippen LogP) is 3.14. The summed E-state index contributed by atoms with van der Waals surface area (Å²) in [6, 6.07) is 3.81. The molecule has 0 spiro atoms. The molecule has 1 fully saturated rings. The largest absolute Gasteiger partial charge is 0.493 e. The smallest absolute Gasteiger partial charge is 0.179 e. The van der Waals surface area contributed by atoms with E-state index in [1.54, 1.807) is 7.11 Å². The summed E-state index contributed by atoms with van der Waals surface area (Å²) in [6.07, 6.45) is 3.80. The van der Waals surface area contributed by atoms with Crippen molar-refractivity contribution in [3.63, 3.8) is 0 Å². The molecule has 2 N–H and O–H groups in total. The van der Waals surface area contributed by atoms with Gasteiger partial charge in [0, 0.05) is 13.1 Å². The highest BCUT2D eigenvalue weighted by Crippen LogP contribution is 2.36. The number of ether oxygens (including phenoxy) is 2. The highest BCUT2D eigenvalue weighted by molar-refractivity contribution is 6.32. The summed E-state index contributed by atoms with van der Waals surface area (Å²) in [6.45, 7) is 3.91. The third-order valence-electron chi connectivity index (χ3n) is 3.81. The molecule has 1 aliphatic carbocycles. The van der Waals surface area contributed by atoms with Gasteiger partial charge in [-0.3, -0.25) is 0 Å². The lowest BCUT2D eigenvalue weighted by molar-refractivity contribution is -0.0314. The molecule has 0 bridgehead atoms. The van der Waals surface area contributed by atoms with Crippen LogP contribution in [0.2, 0.25) is 5.02 Å². The number of nitrogens with one attached hydrogen (secondary N) is 1. The normalized spacial score (nSPS) is 16.4. The Morgan fingerprint density at radius 1 is 1.38 bits per heavy atom. The third kappa shape index (κ3) is 4.25. The Morgan fingerprint density at radius 3 is 2.71 bits per heavy atom. The Labute approximate surface area is 131 Å². The lowest BCUT2D eigenvalue weighted by Crippen LogP contribution is -2.45. The molecule has 118 valence electrons. The number of methoxy groups -OCH3 is 1. The second-order valence-corrected chi connectivity index (χ2v) is 6.05. The standard InChI is InChI=1S/C16H24ClNO3/c1-3-7-21-15-13(17)8-12(9-14(15)20-2)10-18-11-16(19)5-4-6-16/h8-9,18-19H,3-7,10-11H2,1-2H3. The zero-order valence-electron chi connectivity index (χ0n) is 12.7. The first-order valence-corrected chi connectivity index (χ1v) is 7.88. The van der Waals surface area contributed by atoms with Crippen LogP contribution in [0.15, 0.2) is 12.1 Å². The van der Waals surface area contributed by atoms with E-state index in [-0.39, 0.29) is 0 Å². The van der Waals surface area contributed by atoms with E-state index in [2.05, 4.69) is 5.32 Å². The maximum atomic E-state index is 10.1. The topological polar surface area (TPSA) is 50.7 Å². The molecule has 1 aromatic carbocycles. The van der Waals surface area contributed by atoms with Gasteiger partial charge < -0.3 is 19.9 Å². The first-order valence-electron chi connectivity index (χ1n) is 7.50. The molecule has 0 radical (unpaired) electrons. The summed E-state index contributed by atoms with van der Waals surface area (Å²) in [5.41, 5.74) is 0.501. The van der Waals surface area contributed by atoms with Crippen LogP contribution >= 0.6 is 11.6 Å². The van der Waals surface area contributed by atoms with Crippen LogP contribution in [0, 0.1) is 0 Å². The minimum atomic E-state index is -0.516. The summed E-state index contributed by atoms with van der Waals surface area (Å²) in [5, 5.41) is 13.9. The fourth-order valence-electron chi connectivity index (χ4n) is 2.42. The van der Waals surface area contributed by atoms with Gasteiger partial charge in [-0.05, 0) is 43.4 Å². The Kier molecular flexibility index (Phi) is 5.73. The van der Waals surface area contributed by atoms with E-state index in [4.69, 9.17) is 21.1 Å². The van der Waals surface area contributed by atoms with E-state index >= 15 is 0 Å². The van der Waals surface area contributed by atoms with Gasteiger partial charge in [0.25, 0.3) is 0 Å². The van der Waals surface area contributed by atoms with Crippen molar-refractivity contribution in [2.75, 3.05) is 20.3 Å². The Balaban J connectivity index is 1.98. The molecule has 5 heteroatoms. The van der Waals surface area contributed by atoms with Crippen LogP contribution in [0.25, 0.3) is 0 Å². The fourth-order valence-corrected chi connectivity index (χ4v) is 2.71. The van der Waals surface area contributed by atoms with E-state index in [1.807, 2.05) is 19.1 Å². The van der Waals surface area contributed by atoms with Gasteiger partial charge in [0.1, 0.15) is 0 Å². The van der Waals surface area contributed by atoms with Crippen molar-refractivity contribution in [1.29, 1.82) is 0 Å². The average molecular weight is 314 g/mol. The number of rotatable bonds is 8. The van der Waals surface area contributed by atoms with Crippen molar-refractivity contribution in [3.8, 4) is 11.5 Å². The number of benzene rings is 1. The second-order valence-electron chi connectivity index (χ2n) is 5.64. The summed E-state index contributed by atoms with van der Waals surface area (Å²) in [7, 11) is 1.61. The van der Waals surface area contributed by atoms with Crippen molar-refractivity contribution in [2.45, 2.75) is 44.8 Å². The lowest BCUT2D eigenvalue weighted by atomic mass is 9.80. The molecule has 0 unspecified atom stereocenters. The quantitative estimate of drug-likeness (QED) is 0.774. The van der Waals surface area contributed by atoms with Crippen molar-refractivity contribution >= 4 is 11.6 Å². The Bertz CT molecular complexity index is 475. The monoisotopic (exact) mass is 313 g/mol. The maximum Gasteiger partial charge on any atom is 0.179 e. The van der Waals surface area contributed by atoms with Crippen LogP contribution < -0.4 is 14.8 Å². The van der Waals surface area contributed by atoms with Gasteiger partial charge in [0.2, 0.25) is 0 Å². The van der Waals surface area contributed by atoms with Gasteiger partial charge in [-0.2, -0.15) is 0 Å². The van der Waals surface area contributed by atoms with Crippen LogP contribution in [-0.2, 0) is 6.54 Å². The zero-order chi connectivity index (χ0) is 15.3. The molecule has 1 aliphatic rings. The van der Waals surface area contributed by atoms with Gasteiger partial charge in [-0.25, -0.2) is 0 Å². The van der Waals surface area contributed by atoms with Crippen molar-refractivity contribution in [2.24, 2.45) is 0 Å². The van der Waals surface area contributed by atoms with E-state index < -0.39 is 5.60 Å². The zero-order valence-corrected chi connectivity index (χ0v) is 13.5. The minimum absolute atomic E-state index is 0.516. The van der Waals surface area contributed by atoms with Crippen LogP contribution in [0.3, 0.4) is 0 Å². The van der Waals surface area contributed by atoms with Crippen LogP contribution in [0.4, 0.5) is 0 Å². The molecule has 0 aliphatic heterocycles. The number of hydrogen-bond donors (Lipinski definition) is 2. The van der Waals surface area contributed by atoms with Crippen molar-refractivity contribution < 1.29 is 14.6 Å². The van der Waals surface area contributed by atoms with Gasteiger partial charge in [-0.1, -0.05) is 18.5 Å². The first-order chi connectivity index (χ1) is 10.1. The molecule has 0 heterocycles. The summed E-state index contributed by atoms with van der Waals surface area (Å²) >= 11 is 6.27. The van der Waals surface area contributed by atoms with Gasteiger partial charge in [0.15, 0.2) is 11.5 Å². The molecule has 0 amide bonds. The van der Waals surface area contributed by atoms with Crippen LogP contribution in [0.5, 0.6) is 11.5 Å². The van der Waals surface area contributed by atoms with Crippen LogP contribution in [-0.4, -0.2) is 31.0 Å². The second kappa shape index (κ2) is 7.34. The molecule has 0 aromatic heterocycles. The predicted molar refractivity (Wildman–Crippen MR) is 84.3 cm³/mol. The first kappa shape index (κ1) is 16.4. The van der Waals surface area contributed by atoms with E-state index in [9.17, 15) is 5.11 Å². The third-order valence-corrected chi connectivity index (χ3v) is 4.09. The molecule has 4 nitrogen and oxygen atoms in total. The Morgan fingerprint density at radius 2 is 2.14 bits per heavy atom. The van der Waals surface area contributed by atoms with Crippen molar-refractivity contribution in [3.05, 3.63) is 22.7 Å². The molecular weight excluding hydrogens is 290 g/mol. The van der Waals surface area contributed by atoms with Gasteiger partial charge >= 0.3 is 0 Å². The Hall–Kier alpha value is -0.970. The van der Waals surface area contributed by atoms with E-state index in [1.165, 1.54) is 0 Å². The van der Waals surface area contributed by atoms with E-state index in [0.29, 0.717) is 36.2 Å². The molecule has 1 aromatic rings. The highest BCUT2D eigenvalue weighted by Gasteiger charge is 2.33. The number of halogens is 1. The summed E-state index contributed by atoms with van der Waals surface area (Å²) < 4.78 is 11.0. The van der Waals surface area contributed by atoms with Gasteiger partial charge in [0.05, 0.1) is 24.3 Å². The maximum absolute atomic E-state index is 10.1. The lowest BCUT2D eigenvalue weighted by Gasteiger charge is -2.36. The molecule has 0 atom stereocenters. The SMILES string of the molecule is CCCOc1c(Cl)cc(CNCC2(O)CCC2)cc1OC. The minimum Gasteiger partial charge on any atom is -0.493 e. The summed E-state index contributed by atoms with van der Waals surface area (Å²) in [5.74, 6) is 1.25. The molecular formula is C16H24ClNO3. The van der Waals surface area contributed by atoms with Crippen molar-refractivity contribution in [1.82, 2.24) is 5.32 Å².